The maximum atomic E-state index is 10.4. The quantitative estimate of drug-likeness (QED) is 0.426. The Hall–Kier alpha value is -0.440. The first kappa shape index (κ1) is 9.56. The van der Waals surface area contributed by atoms with Crippen LogP contribution in [0.1, 0.15) is 6.92 Å². The number of carbonyl (C=O) groups excluding carboxylic acids is 1. The van der Waals surface area contributed by atoms with Crippen LogP contribution in [0.2, 0.25) is 0 Å². The Morgan fingerprint density at radius 1 is 1.60 bits per heavy atom. The van der Waals surface area contributed by atoms with E-state index in [1.54, 1.807) is 6.92 Å². The van der Waals surface area contributed by atoms with Gasteiger partial charge in [-0.15, -0.1) is 0 Å². The molecule has 0 aliphatic rings. The van der Waals surface area contributed by atoms with Gasteiger partial charge >= 0.3 is 6.16 Å². The van der Waals surface area contributed by atoms with E-state index >= 15 is 0 Å². The first-order valence-corrected chi connectivity index (χ1v) is 3.77. The summed E-state index contributed by atoms with van der Waals surface area (Å²) < 4.78 is 11.5. The van der Waals surface area contributed by atoms with Crippen molar-refractivity contribution in [3.05, 3.63) is 0 Å². The molecule has 10 heavy (non-hydrogen) atoms. The summed E-state index contributed by atoms with van der Waals surface area (Å²) in [6, 6.07) is 0. The topological polar surface area (TPSA) is 35.5 Å². The highest BCUT2D eigenvalue weighted by Gasteiger charge is 1.97. The van der Waals surface area contributed by atoms with Gasteiger partial charge in [0.05, 0.1) is 6.61 Å². The van der Waals surface area contributed by atoms with E-state index in [0.717, 1.165) is 0 Å². The van der Waals surface area contributed by atoms with Gasteiger partial charge in [-0.05, 0) is 10.9 Å². The lowest BCUT2D eigenvalue weighted by atomic mass is 10.8. The third-order valence-corrected chi connectivity index (χ3v) is 0.973. The SMILES string of the molecule is CCOC(=O)OCC#CI. The molecule has 0 spiro atoms. The summed E-state index contributed by atoms with van der Waals surface area (Å²) >= 11 is 1.86. The third kappa shape index (κ3) is 5.69. The fraction of sp³-hybridized carbons (Fsp3) is 0.500. The average Bonchev–Trinajstić information content (AvgIpc) is 1.89. The number of ether oxygens (including phenoxy) is 2. The van der Waals surface area contributed by atoms with Crippen molar-refractivity contribution in [2.45, 2.75) is 6.92 Å². The van der Waals surface area contributed by atoms with Gasteiger partial charge in [-0.2, -0.15) is 0 Å². The van der Waals surface area contributed by atoms with Crippen LogP contribution in [0.3, 0.4) is 0 Å². The summed E-state index contributed by atoms with van der Waals surface area (Å²) in [5.41, 5.74) is 0. The lowest BCUT2D eigenvalue weighted by Gasteiger charge is -1.98. The molecule has 0 rings (SSSR count). The first-order valence-electron chi connectivity index (χ1n) is 2.69. The molecule has 0 bridgehead atoms. The zero-order valence-corrected chi connectivity index (χ0v) is 7.67. The third-order valence-electron chi connectivity index (χ3n) is 0.591. The van der Waals surface area contributed by atoms with Gasteiger partial charge in [-0.25, -0.2) is 4.79 Å². The molecule has 0 amide bonds. The molecular formula is C6H7IO3. The Kier molecular flexibility index (Phi) is 6.38. The van der Waals surface area contributed by atoms with E-state index in [1.807, 2.05) is 22.6 Å². The number of hydrogen-bond acceptors (Lipinski definition) is 3. The summed E-state index contributed by atoms with van der Waals surface area (Å²) in [5.74, 6) is 2.55. The molecule has 0 atom stereocenters. The maximum Gasteiger partial charge on any atom is 0.509 e. The molecule has 0 saturated carbocycles. The standard InChI is InChI=1S/C6H7IO3/c1-2-9-6(8)10-5-3-4-7/h2,5H2,1H3. The molecule has 0 N–H and O–H groups in total. The molecule has 0 aliphatic carbocycles. The lowest BCUT2D eigenvalue weighted by Crippen LogP contribution is -2.06. The van der Waals surface area contributed by atoms with Crippen molar-refractivity contribution < 1.29 is 14.3 Å². The molecule has 0 radical (unpaired) electrons. The van der Waals surface area contributed by atoms with Gasteiger partial charge in [-0.1, -0.05) is 5.92 Å². The highest BCUT2D eigenvalue weighted by atomic mass is 127. The van der Waals surface area contributed by atoms with Crippen LogP contribution < -0.4 is 0 Å². The van der Waals surface area contributed by atoms with Gasteiger partial charge in [0.25, 0.3) is 0 Å². The number of carbonyl (C=O) groups is 1. The largest absolute Gasteiger partial charge is 0.509 e. The van der Waals surface area contributed by atoms with Gasteiger partial charge < -0.3 is 9.47 Å². The van der Waals surface area contributed by atoms with E-state index in [4.69, 9.17) is 0 Å². The molecular weight excluding hydrogens is 247 g/mol. The summed E-state index contributed by atoms with van der Waals surface area (Å²) in [5, 5.41) is 0. The van der Waals surface area contributed by atoms with Crippen LogP contribution in [0.25, 0.3) is 0 Å². The minimum atomic E-state index is -0.665. The van der Waals surface area contributed by atoms with Crippen molar-refractivity contribution in [2.75, 3.05) is 13.2 Å². The number of halogens is 1. The molecule has 0 fully saturated rings. The zero-order chi connectivity index (χ0) is 7.82. The van der Waals surface area contributed by atoms with Crippen LogP contribution in [0.5, 0.6) is 0 Å². The number of hydrogen-bond donors (Lipinski definition) is 0. The molecule has 0 heterocycles. The second-order valence-electron chi connectivity index (χ2n) is 1.24. The van der Waals surface area contributed by atoms with Crippen LogP contribution in [-0.4, -0.2) is 19.4 Å². The van der Waals surface area contributed by atoms with Gasteiger partial charge in [0.2, 0.25) is 0 Å². The van der Waals surface area contributed by atoms with Crippen LogP contribution in [0.15, 0.2) is 0 Å². The van der Waals surface area contributed by atoms with Crippen LogP contribution in [0, 0.1) is 9.85 Å². The van der Waals surface area contributed by atoms with E-state index in [0.29, 0.717) is 6.61 Å². The van der Waals surface area contributed by atoms with E-state index in [-0.39, 0.29) is 6.61 Å². The molecule has 0 aromatic carbocycles. The van der Waals surface area contributed by atoms with Gasteiger partial charge in [0.1, 0.15) is 0 Å². The second-order valence-corrected chi connectivity index (χ2v) is 1.78. The van der Waals surface area contributed by atoms with Crippen molar-refractivity contribution in [2.24, 2.45) is 0 Å². The van der Waals surface area contributed by atoms with Crippen molar-refractivity contribution in [1.29, 1.82) is 0 Å². The van der Waals surface area contributed by atoms with E-state index in [9.17, 15) is 4.79 Å². The molecule has 4 heteroatoms. The smallest absolute Gasteiger partial charge is 0.435 e. The maximum absolute atomic E-state index is 10.4. The van der Waals surface area contributed by atoms with E-state index in [1.165, 1.54) is 0 Å². The predicted molar refractivity (Wildman–Crippen MR) is 44.8 cm³/mol. The summed E-state index contributed by atoms with van der Waals surface area (Å²) in [6.45, 7) is 2.14. The van der Waals surface area contributed by atoms with Crippen molar-refractivity contribution in [3.8, 4) is 9.85 Å². The summed E-state index contributed by atoms with van der Waals surface area (Å²) in [6.07, 6.45) is -0.665. The van der Waals surface area contributed by atoms with Crippen LogP contribution in [0.4, 0.5) is 4.79 Å². The molecule has 3 nitrogen and oxygen atoms in total. The fourth-order valence-electron chi connectivity index (χ4n) is 0.282. The lowest BCUT2D eigenvalue weighted by molar-refractivity contribution is 0.0687. The van der Waals surface area contributed by atoms with Gasteiger partial charge in [0, 0.05) is 22.6 Å². The Morgan fingerprint density at radius 2 is 2.30 bits per heavy atom. The second kappa shape index (κ2) is 6.68. The minimum absolute atomic E-state index is 0.0990. The van der Waals surface area contributed by atoms with Crippen molar-refractivity contribution >= 4 is 28.7 Å². The van der Waals surface area contributed by atoms with E-state index < -0.39 is 6.16 Å². The Balaban J connectivity index is 3.27. The average molecular weight is 254 g/mol. The van der Waals surface area contributed by atoms with Crippen molar-refractivity contribution in [3.63, 3.8) is 0 Å². The Labute approximate surface area is 73.2 Å². The minimum Gasteiger partial charge on any atom is -0.435 e. The van der Waals surface area contributed by atoms with Gasteiger partial charge in [-0.3, -0.25) is 0 Å². The van der Waals surface area contributed by atoms with Crippen molar-refractivity contribution in [1.82, 2.24) is 0 Å². The summed E-state index contributed by atoms with van der Waals surface area (Å²) in [4.78, 5) is 10.4. The Bertz CT molecular complexity index is 156. The zero-order valence-electron chi connectivity index (χ0n) is 5.52. The molecule has 0 aromatic rings. The number of rotatable bonds is 2. The van der Waals surface area contributed by atoms with Crippen LogP contribution in [-0.2, 0) is 9.47 Å². The molecule has 0 aromatic heterocycles. The normalized spacial score (nSPS) is 7.40. The molecule has 0 aliphatic heterocycles. The monoisotopic (exact) mass is 254 g/mol. The first-order chi connectivity index (χ1) is 4.81. The molecule has 0 saturated heterocycles. The van der Waals surface area contributed by atoms with E-state index in [2.05, 4.69) is 19.3 Å². The summed E-state index contributed by atoms with van der Waals surface area (Å²) in [7, 11) is 0. The van der Waals surface area contributed by atoms with Crippen LogP contribution >= 0.6 is 22.6 Å². The highest BCUT2D eigenvalue weighted by molar-refractivity contribution is 14.1. The molecule has 0 unspecified atom stereocenters. The van der Waals surface area contributed by atoms with Gasteiger partial charge in [0.15, 0.2) is 6.61 Å². The Morgan fingerprint density at radius 3 is 2.80 bits per heavy atom. The molecule has 56 valence electrons. The fourth-order valence-corrected chi connectivity index (χ4v) is 0.438. The predicted octanol–water partition coefficient (Wildman–Crippen LogP) is 1.56. The highest BCUT2D eigenvalue weighted by Crippen LogP contribution is 1.83.